The smallest absolute Gasteiger partial charge is 0.308 e. The Morgan fingerprint density at radius 1 is 1.07 bits per heavy atom. The van der Waals surface area contributed by atoms with Crippen LogP contribution in [0.1, 0.15) is 25.7 Å². The summed E-state index contributed by atoms with van der Waals surface area (Å²) in [5.74, 6) is -1.76. The molecule has 1 saturated heterocycles. The maximum absolute atomic E-state index is 12.8. The first-order chi connectivity index (χ1) is 13.4. The highest BCUT2D eigenvalue weighted by Crippen LogP contribution is 2.56. The van der Waals surface area contributed by atoms with E-state index in [1.807, 2.05) is 0 Å². The molecule has 0 aromatic heterocycles. The minimum Gasteiger partial charge on any atom is -0.456 e. The van der Waals surface area contributed by atoms with E-state index in [0.717, 1.165) is 19.3 Å². The number of imide groups is 1. The van der Waals surface area contributed by atoms with Gasteiger partial charge >= 0.3 is 5.97 Å². The van der Waals surface area contributed by atoms with Crippen LogP contribution >= 0.6 is 0 Å². The lowest BCUT2D eigenvalue weighted by atomic mass is 9.81. The van der Waals surface area contributed by atoms with Gasteiger partial charge in [-0.05, 0) is 55.4 Å². The summed E-state index contributed by atoms with van der Waals surface area (Å²) >= 11 is 0. The van der Waals surface area contributed by atoms with Gasteiger partial charge in [0, 0.05) is 12.2 Å². The van der Waals surface area contributed by atoms with Crippen molar-refractivity contribution in [2.24, 2.45) is 23.7 Å². The number of fused-ring (bicyclic) bond motifs is 5. The van der Waals surface area contributed by atoms with Crippen LogP contribution < -0.4 is 5.32 Å². The number of anilines is 1. The summed E-state index contributed by atoms with van der Waals surface area (Å²) in [5.41, 5.74) is 0.386. The number of amides is 3. The molecule has 1 N–H and O–H groups in total. The molecule has 1 aliphatic heterocycles. The number of nitrogens with zero attached hydrogens (tertiary/aromatic N) is 1. The predicted octanol–water partition coefficient (Wildman–Crippen LogP) is 1.73. The van der Waals surface area contributed by atoms with Gasteiger partial charge in [-0.2, -0.15) is 0 Å². The lowest BCUT2D eigenvalue weighted by Gasteiger charge is -2.19. The van der Waals surface area contributed by atoms with Crippen LogP contribution in [0.3, 0.4) is 0 Å². The number of likely N-dealkylation sites (tertiary alicyclic amines) is 1. The van der Waals surface area contributed by atoms with Gasteiger partial charge in [-0.1, -0.05) is 0 Å². The van der Waals surface area contributed by atoms with Crippen LogP contribution in [0.2, 0.25) is 0 Å². The molecule has 3 aliphatic rings. The number of hydrogen-bond donors (Lipinski definition) is 1. The third kappa shape index (κ3) is 3.39. The van der Waals surface area contributed by atoms with Gasteiger partial charge in [-0.15, -0.1) is 0 Å². The Balaban J connectivity index is 1.22. The second-order valence-electron chi connectivity index (χ2n) is 7.68. The summed E-state index contributed by atoms with van der Waals surface area (Å²) in [6.45, 7) is -0.504. The summed E-state index contributed by atoms with van der Waals surface area (Å²) in [5, 5.41) is 2.48. The molecule has 0 radical (unpaired) electrons. The summed E-state index contributed by atoms with van der Waals surface area (Å²) in [4.78, 5) is 50.0. The summed E-state index contributed by atoms with van der Waals surface area (Å²) in [7, 11) is 0. The minimum atomic E-state index is -0.658. The molecule has 3 fully saturated rings. The molecule has 2 bridgehead atoms. The topological polar surface area (TPSA) is 92.8 Å². The van der Waals surface area contributed by atoms with Crippen LogP contribution in [-0.2, 0) is 23.9 Å². The first kappa shape index (κ1) is 18.6. The molecular formula is C20H21FN2O5. The Bertz CT molecular complexity index is 796. The zero-order chi connectivity index (χ0) is 19.8. The number of rotatable bonds is 6. The number of halogens is 1. The van der Waals surface area contributed by atoms with Crippen molar-refractivity contribution >= 4 is 29.4 Å². The Hall–Kier alpha value is -2.77. The molecule has 2 saturated carbocycles. The standard InChI is InChI=1S/C20H21FN2O5/c21-13-3-5-14(6-4-13)22-15(24)10-28-16(25)7-8-23-19(26)17-11-1-2-12(9-11)18(17)20(23)27/h3-6,11-12,17-18H,1-2,7-10H2,(H,22,24)/t11-,12+,17-,18+. The second-order valence-corrected chi connectivity index (χ2v) is 7.68. The largest absolute Gasteiger partial charge is 0.456 e. The molecule has 4 rings (SSSR count). The van der Waals surface area contributed by atoms with Gasteiger partial charge in [0.1, 0.15) is 5.82 Å². The molecule has 28 heavy (non-hydrogen) atoms. The minimum absolute atomic E-state index is 0.0114. The molecule has 1 heterocycles. The number of carbonyl (C=O) groups is 4. The molecule has 8 heteroatoms. The zero-order valence-electron chi connectivity index (χ0n) is 15.2. The normalized spacial score (nSPS) is 27.8. The van der Waals surface area contributed by atoms with Crippen molar-refractivity contribution in [3.8, 4) is 0 Å². The average Bonchev–Trinajstić information content (AvgIpc) is 3.35. The molecule has 0 spiro atoms. The molecular weight excluding hydrogens is 367 g/mol. The predicted molar refractivity (Wildman–Crippen MR) is 95.1 cm³/mol. The van der Waals surface area contributed by atoms with Gasteiger partial charge in [-0.3, -0.25) is 24.1 Å². The van der Waals surface area contributed by atoms with Crippen molar-refractivity contribution in [2.75, 3.05) is 18.5 Å². The van der Waals surface area contributed by atoms with Gasteiger partial charge in [0.15, 0.2) is 6.61 Å². The summed E-state index contributed by atoms with van der Waals surface area (Å²) in [6, 6.07) is 5.19. The number of carbonyl (C=O) groups excluding carboxylic acids is 4. The first-order valence-corrected chi connectivity index (χ1v) is 9.50. The van der Waals surface area contributed by atoms with Crippen molar-refractivity contribution < 1.29 is 28.3 Å². The van der Waals surface area contributed by atoms with E-state index in [4.69, 9.17) is 4.74 Å². The van der Waals surface area contributed by atoms with E-state index >= 15 is 0 Å². The monoisotopic (exact) mass is 388 g/mol. The quantitative estimate of drug-likeness (QED) is 0.592. The fourth-order valence-corrected chi connectivity index (χ4v) is 4.84. The Kier molecular flexibility index (Phi) is 4.87. The van der Waals surface area contributed by atoms with Crippen molar-refractivity contribution in [3.63, 3.8) is 0 Å². The Labute approximate surface area is 161 Å². The average molecular weight is 388 g/mol. The van der Waals surface area contributed by atoms with Crippen LogP contribution in [0.25, 0.3) is 0 Å². The highest BCUT2D eigenvalue weighted by molar-refractivity contribution is 6.06. The maximum atomic E-state index is 12.8. The number of esters is 1. The molecule has 4 atom stereocenters. The number of nitrogens with one attached hydrogen (secondary N) is 1. The van der Waals surface area contributed by atoms with E-state index in [0.29, 0.717) is 17.5 Å². The van der Waals surface area contributed by atoms with Crippen molar-refractivity contribution in [1.82, 2.24) is 4.90 Å². The zero-order valence-corrected chi connectivity index (χ0v) is 15.2. The fourth-order valence-electron chi connectivity index (χ4n) is 4.84. The van der Waals surface area contributed by atoms with E-state index in [1.165, 1.54) is 29.2 Å². The van der Waals surface area contributed by atoms with Crippen LogP contribution in [-0.4, -0.2) is 41.7 Å². The third-order valence-electron chi connectivity index (χ3n) is 6.05. The van der Waals surface area contributed by atoms with E-state index < -0.39 is 24.3 Å². The Morgan fingerprint density at radius 2 is 1.68 bits per heavy atom. The maximum Gasteiger partial charge on any atom is 0.308 e. The molecule has 1 aromatic rings. The van der Waals surface area contributed by atoms with Crippen molar-refractivity contribution in [2.45, 2.75) is 25.7 Å². The molecule has 0 unspecified atom stereocenters. The van der Waals surface area contributed by atoms with Crippen LogP contribution in [0, 0.1) is 29.5 Å². The highest BCUT2D eigenvalue weighted by atomic mass is 19.1. The van der Waals surface area contributed by atoms with E-state index in [1.54, 1.807) is 0 Å². The first-order valence-electron chi connectivity index (χ1n) is 9.50. The van der Waals surface area contributed by atoms with E-state index in [9.17, 15) is 23.6 Å². The third-order valence-corrected chi connectivity index (χ3v) is 6.05. The lowest BCUT2D eigenvalue weighted by Crippen LogP contribution is -2.35. The van der Waals surface area contributed by atoms with Gasteiger partial charge < -0.3 is 10.1 Å². The fraction of sp³-hybridized carbons (Fsp3) is 0.500. The lowest BCUT2D eigenvalue weighted by molar-refractivity contribution is -0.149. The summed E-state index contributed by atoms with van der Waals surface area (Å²) in [6.07, 6.45) is 2.83. The molecule has 3 amide bonds. The van der Waals surface area contributed by atoms with E-state index in [-0.39, 0.29) is 36.6 Å². The molecule has 1 aromatic carbocycles. The van der Waals surface area contributed by atoms with E-state index in [2.05, 4.69) is 5.32 Å². The number of ether oxygens (including phenoxy) is 1. The van der Waals surface area contributed by atoms with Gasteiger partial charge in [0.25, 0.3) is 5.91 Å². The summed E-state index contributed by atoms with van der Waals surface area (Å²) < 4.78 is 17.7. The number of hydrogen-bond acceptors (Lipinski definition) is 5. The van der Waals surface area contributed by atoms with Crippen molar-refractivity contribution in [1.29, 1.82) is 0 Å². The SMILES string of the molecule is O=C(COC(=O)CCN1C(=O)[C@@H]2[C@@H]3CC[C@@H](C3)[C@@H]2C1=O)Nc1ccc(F)cc1. The van der Waals surface area contributed by atoms with Crippen LogP contribution in [0.15, 0.2) is 24.3 Å². The van der Waals surface area contributed by atoms with Gasteiger partial charge in [0.2, 0.25) is 11.8 Å². The van der Waals surface area contributed by atoms with Crippen molar-refractivity contribution in [3.05, 3.63) is 30.1 Å². The van der Waals surface area contributed by atoms with Crippen LogP contribution in [0.5, 0.6) is 0 Å². The molecule has 2 aliphatic carbocycles. The van der Waals surface area contributed by atoms with Gasteiger partial charge in [-0.25, -0.2) is 4.39 Å². The molecule has 148 valence electrons. The van der Waals surface area contributed by atoms with Crippen LogP contribution in [0.4, 0.5) is 10.1 Å². The molecule has 7 nitrogen and oxygen atoms in total. The number of benzene rings is 1. The Morgan fingerprint density at radius 3 is 2.29 bits per heavy atom. The second kappa shape index (κ2) is 7.33. The highest BCUT2D eigenvalue weighted by Gasteiger charge is 2.60. The van der Waals surface area contributed by atoms with Gasteiger partial charge in [0.05, 0.1) is 18.3 Å².